The molecule has 2 bridgehead atoms. The SMILES string of the molecule is COc1cncc(C2=CC3CCCC(C2)N3C(=O)OCC2c3ccccc3-c3ccccc32)c1. The Balaban J connectivity index is 1.22. The number of carbonyl (C=O) groups is 1. The first-order valence-corrected chi connectivity index (χ1v) is 12.1. The number of methoxy groups -OCH3 is 1. The molecular formula is C29H28N2O3. The van der Waals surface area contributed by atoms with Crippen LogP contribution in [0.15, 0.2) is 73.1 Å². The Labute approximate surface area is 200 Å². The highest BCUT2D eigenvalue weighted by Crippen LogP contribution is 2.45. The largest absolute Gasteiger partial charge is 0.495 e. The highest BCUT2D eigenvalue weighted by Gasteiger charge is 2.39. The van der Waals surface area contributed by atoms with Crippen LogP contribution < -0.4 is 4.74 Å². The molecule has 0 spiro atoms. The van der Waals surface area contributed by atoms with Gasteiger partial charge in [-0.05, 0) is 65.1 Å². The molecule has 2 unspecified atom stereocenters. The van der Waals surface area contributed by atoms with Crippen LogP contribution in [0.2, 0.25) is 0 Å². The summed E-state index contributed by atoms with van der Waals surface area (Å²) in [6.07, 6.45) is 9.53. The first kappa shape index (κ1) is 21.0. The van der Waals surface area contributed by atoms with E-state index in [-0.39, 0.29) is 24.1 Å². The van der Waals surface area contributed by atoms with Crippen LogP contribution in [0.4, 0.5) is 4.79 Å². The predicted molar refractivity (Wildman–Crippen MR) is 132 cm³/mol. The summed E-state index contributed by atoms with van der Waals surface area (Å²) in [5, 5.41) is 0. The molecule has 0 N–H and O–H groups in total. The van der Waals surface area contributed by atoms with Gasteiger partial charge >= 0.3 is 6.09 Å². The standard InChI is InChI=1S/C29H28N2O3/c1-33-23-15-20(16-30-17-23)19-13-21-7-6-8-22(14-19)31(21)29(32)34-18-28-26-11-4-2-9-24(26)25-10-3-5-12-27(25)28/h2-5,9-13,15-17,21-22,28H,6-8,14,18H2,1H3. The average molecular weight is 453 g/mol. The van der Waals surface area contributed by atoms with Gasteiger partial charge in [-0.25, -0.2) is 4.79 Å². The van der Waals surface area contributed by atoms with Crippen LogP contribution in [-0.4, -0.2) is 41.8 Å². The van der Waals surface area contributed by atoms with E-state index in [2.05, 4.69) is 59.6 Å². The summed E-state index contributed by atoms with van der Waals surface area (Å²) in [6.45, 7) is 0.360. The summed E-state index contributed by atoms with van der Waals surface area (Å²) in [5.41, 5.74) is 7.28. The van der Waals surface area contributed by atoms with Gasteiger partial charge in [0.2, 0.25) is 0 Å². The summed E-state index contributed by atoms with van der Waals surface area (Å²) in [6, 6.07) is 19.1. The van der Waals surface area contributed by atoms with Crippen LogP contribution in [0, 0.1) is 0 Å². The van der Waals surface area contributed by atoms with Crippen LogP contribution in [0.5, 0.6) is 5.75 Å². The fourth-order valence-electron chi connectivity index (χ4n) is 5.90. The second kappa shape index (κ2) is 8.64. The van der Waals surface area contributed by atoms with E-state index in [1.165, 1.54) is 27.8 Å². The van der Waals surface area contributed by atoms with Gasteiger partial charge in [-0.3, -0.25) is 9.88 Å². The van der Waals surface area contributed by atoms with E-state index in [9.17, 15) is 4.79 Å². The molecule has 3 aromatic rings. The summed E-state index contributed by atoms with van der Waals surface area (Å²) in [4.78, 5) is 19.7. The zero-order chi connectivity index (χ0) is 23.1. The number of aromatic nitrogens is 1. The molecule has 1 amide bonds. The van der Waals surface area contributed by atoms with Gasteiger partial charge in [0.15, 0.2) is 0 Å². The molecule has 0 saturated carbocycles. The lowest BCUT2D eigenvalue weighted by Gasteiger charge is -2.44. The van der Waals surface area contributed by atoms with Crippen LogP contribution in [0.3, 0.4) is 0 Å². The number of rotatable bonds is 4. The van der Waals surface area contributed by atoms with E-state index in [1.54, 1.807) is 13.3 Å². The number of piperidine rings is 1. The van der Waals surface area contributed by atoms with Crippen molar-refractivity contribution < 1.29 is 14.3 Å². The van der Waals surface area contributed by atoms with Crippen molar-refractivity contribution in [2.75, 3.05) is 13.7 Å². The Morgan fingerprint density at radius 1 is 1.03 bits per heavy atom. The normalized spacial score (nSPS) is 20.9. The Bertz CT molecular complexity index is 1220. The molecule has 2 atom stereocenters. The van der Waals surface area contributed by atoms with Crippen molar-refractivity contribution in [3.8, 4) is 16.9 Å². The van der Waals surface area contributed by atoms with Gasteiger partial charge in [0.25, 0.3) is 0 Å². The van der Waals surface area contributed by atoms with E-state index in [0.29, 0.717) is 6.61 Å². The lowest BCUT2D eigenvalue weighted by Crippen LogP contribution is -2.51. The minimum absolute atomic E-state index is 0.0596. The van der Waals surface area contributed by atoms with Crippen LogP contribution >= 0.6 is 0 Å². The van der Waals surface area contributed by atoms with E-state index in [1.807, 2.05) is 17.2 Å². The van der Waals surface area contributed by atoms with Crippen molar-refractivity contribution in [1.29, 1.82) is 0 Å². The summed E-state index contributed by atoms with van der Waals surface area (Å²) in [5.74, 6) is 0.831. The Morgan fingerprint density at radius 3 is 2.47 bits per heavy atom. The van der Waals surface area contributed by atoms with E-state index in [0.717, 1.165) is 37.0 Å². The number of hydrogen-bond donors (Lipinski definition) is 0. The maximum Gasteiger partial charge on any atom is 0.410 e. The number of ether oxygens (including phenoxy) is 2. The topological polar surface area (TPSA) is 51.7 Å². The molecule has 3 heterocycles. The van der Waals surface area contributed by atoms with Crippen molar-refractivity contribution in [2.24, 2.45) is 0 Å². The Kier molecular flexibility index (Phi) is 5.33. The lowest BCUT2D eigenvalue weighted by atomic mass is 9.83. The monoisotopic (exact) mass is 452 g/mol. The molecule has 5 heteroatoms. The Hall–Kier alpha value is -3.60. The Morgan fingerprint density at radius 2 is 1.76 bits per heavy atom. The minimum atomic E-state index is -0.198. The number of hydrogen-bond acceptors (Lipinski definition) is 4. The van der Waals surface area contributed by atoms with Gasteiger partial charge < -0.3 is 9.47 Å². The first-order valence-electron chi connectivity index (χ1n) is 12.1. The number of carbonyl (C=O) groups excluding carboxylic acids is 1. The maximum absolute atomic E-state index is 13.4. The zero-order valence-corrected chi connectivity index (χ0v) is 19.3. The molecule has 3 aliphatic rings. The number of nitrogens with zero attached hydrogens (tertiary/aromatic N) is 2. The van der Waals surface area contributed by atoms with E-state index < -0.39 is 0 Å². The van der Waals surface area contributed by atoms with Crippen molar-refractivity contribution in [3.63, 3.8) is 0 Å². The molecular weight excluding hydrogens is 424 g/mol. The van der Waals surface area contributed by atoms with E-state index >= 15 is 0 Å². The van der Waals surface area contributed by atoms with Gasteiger partial charge in [-0.1, -0.05) is 54.6 Å². The summed E-state index contributed by atoms with van der Waals surface area (Å²) < 4.78 is 11.4. The molecule has 1 fully saturated rings. The fourth-order valence-corrected chi connectivity index (χ4v) is 5.90. The minimum Gasteiger partial charge on any atom is -0.495 e. The highest BCUT2D eigenvalue weighted by atomic mass is 16.6. The van der Waals surface area contributed by atoms with Crippen molar-refractivity contribution in [1.82, 2.24) is 9.88 Å². The highest BCUT2D eigenvalue weighted by molar-refractivity contribution is 5.79. The van der Waals surface area contributed by atoms with Crippen LogP contribution in [-0.2, 0) is 4.74 Å². The molecule has 0 radical (unpaired) electrons. The molecule has 6 rings (SSSR count). The van der Waals surface area contributed by atoms with Gasteiger partial charge in [-0.15, -0.1) is 0 Å². The van der Waals surface area contributed by atoms with Crippen molar-refractivity contribution >= 4 is 11.7 Å². The third-order valence-corrected chi connectivity index (χ3v) is 7.50. The number of benzene rings is 2. The van der Waals surface area contributed by atoms with Gasteiger partial charge in [0.1, 0.15) is 12.4 Å². The quantitative estimate of drug-likeness (QED) is 0.484. The number of fused-ring (bicyclic) bond motifs is 5. The van der Waals surface area contributed by atoms with E-state index in [4.69, 9.17) is 9.47 Å². The smallest absolute Gasteiger partial charge is 0.410 e. The maximum atomic E-state index is 13.4. The van der Waals surface area contributed by atoms with Crippen LogP contribution in [0.25, 0.3) is 16.7 Å². The molecule has 2 aliphatic heterocycles. The molecule has 5 nitrogen and oxygen atoms in total. The number of amides is 1. The fraction of sp³-hybridized carbons (Fsp3) is 0.310. The second-order valence-corrected chi connectivity index (χ2v) is 9.37. The van der Waals surface area contributed by atoms with Gasteiger partial charge in [0, 0.05) is 18.2 Å². The van der Waals surface area contributed by atoms with Crippen LogP contribution in [0.1, 0.15) is 48.3 Å². The second-order valence-electron chi connectivity index (χ2n) is 9.37. The third kappa shape index (κ3) is 3.56. The molecule has 2 aromatic carbocycles. The zero-order valence-electron chi connectivity index (χ0n) is 19.3. The molecule has 1 aliphatic carbocycles. The van der Waals surface area contributed by atoms with Gasteiger partial charge in [-0.2, -0.15) is 0 Å². The van der Waals surface area contributed by atoms with Crippen molar-refractivity contribution in [3.05, 3.63) is 89.8 Å². The predicted octanol–water partition coefficient (Wildman–Crippen LogP) is 6.05. The molecule has 172 valence electrons. The number of pyridine rings is 1. The van der Waals surface area contributed by atoms with Gasteiger partial charge in [0.05, 0.1) is 19.3 Å². The van der Waals surface area contributed by atoms with Crippen molar-refractivity contribution in [2.45, 2.75) is 43.7 Å². The summed E-state index contributed by atoms with van der Waals surface area (Å²) >= 11 is 0. The summed E-state index contributed by atoms with van der Waals surface area (Å²) in [7, 11) is 1.66. The first-order chi connectivity index (χ1) is 16.7. The molecule has 1 saturated heterocycles. The molecule has 1 aromatic heterocycles. The molecule has 34 heavy (non-hydrogen) atoms. The lowest BCUT2D eigenvalue weighted by molar-refractivity contribution is 0.0539. The average Bonchev–Trinajstić information content (AvgIpc) is 3.20. The third-order valence-electron chi connectivity index (χ3n) is 7.50.